The van der Waals surface area contributed by atoms with Gasteiger partial charge in [-0.2, -0.15) is 15.6 Å². The minimum Gasteiger partial charge on any atom is -0.402 e. The maximum atomic E-state index is 14.9. The molecule has 2 aliphatic rings. The first-order valence-electron chi connectivity index (χ1n) is 23.6. The first-order chi connectivity index (χ1) is 31.9. The third-order valence-corrected chi connectivity index (χ3v) is 13.9. The summed E-state index contributed by atoms with van der Waals surface area (Å²) in [6, 6.07) is 19.4. The third kappa shape index (κ3) is 14.4. The van der Waals surface area contributed by atoms with Gasteiger partial charge < -0.3 is 29.2 Å². The fourth-order valence-corrected chi connectivity index (χ4v) is 10.4. The molecule has 2 aromatic carbocycles. The van der Waals surface area contributed by atoms with Crippen molar-refractivity contribution < 1.29 is 37.1 Å². The van der Waals surface area contributed by atoms with Crippen LogP contribution >= 0.6 is 31.0 Å². The molecule has 0 aliphatic carbocycles. The molecule has 0 radical (unpaired) electrons. The van der Waals surface area contributed by atoms with Crippen molar-refractivity contribution in [3.63, 3.8) is 0 Å². The zero-order chi connectivity index (χ0) is 47.0. The molecule has 6 rings (SSSR count). The molecule has 4 heterocycles. The predicted octanol–water partition coefficient (Wildman–Crippen LogP) is 12.8. The molecule has 2 N–H and O–H groups in total. The minimum absolute atomic E-state index is 0.0494. The number of phosphoric acid groups is 1. The van der Waals surface area contributed by atoms with Crippen molar-refractivity contribution in [2.24, 2.45) is 0 Å². The van der Waals surface area contributed by atoms with Crippen LogP contribution in [0, 0.1) is 22.7 Å². The van der Waals surface area contributed by atoms with Gasteiger partial charge in [0.1, 0.15) is 48.6 Å². The number of ether oxygens (including phenoxy) is 4. The van der Waals surface area contributed by atoms with Gasteiger partial charge in [-0.05, 0) is 68.3 Å². The molecule has 0 spiro atoms. The van der Waals surface area contributed by atoms with Crippen LogP contribution in [0.25, 0.3) is 5.52 Å². The summed E-state index contributed by atoms with van der Waals surface area (Å²) >= 11 is 12.8. The van der Waals surface area contributed by atoms with E-state index in [4.69, 9.17) is 61.5 Å². The Balaban J connectivity index is 1.11. The first-order valence-corrected chi connectivity index (χ1v) is 25.8. The summed E-state index contributed by atoms with van der Waals surface area (Å²) in [4.78, 5) is 4.08. The van der Waals surface area contributed by atoms with Crippen molar-refractivity contribution in [1.29, 1.82) is 10.5 Å². The van der Waals surface area contributed by atoms with E-state index in [1.807, 2.05) is 0 Å². The van der Waals surface area contributed by atoms with E-state index >= 15 is 0 Å². The van der Waals surface area contributed by atoms with E-state index in [0.717, 1.165) is 25.7 Å². The van der Waals surface area contributed by atoms with Gasteiger partial charge in [0.25, 0.3) is 0 Å². The highest BCUT2D eigenvalue weighted by Crippen LogP contribution is 2.55. The molecule has 0 amide bonds. The third-order valence-electron chi connectivity index (χ3n) is 12.1. The Hall–Kier alpha value is -3.79. The standard InChI is InChI=1S/C49H65Cl2N6O8P/c1-4-5-6-7-8-9-10-11-12-13-14-15-16-17-18-19-22-39(59-31-37-27-36(30-52)28-38(50)29-37)32-60-66(58,65-43-24-21-20-23-40(43)51)61-34-49(33-53)46-45(62-48(2,3)64-46)44(63-49)41-25-26-42-47(54)55-35-56-57(41)42/h20-21,23-29,35,39,44-46H,4-19,22,31-32,34H2,1-3H3,(H2,54,55,56)/t39-,44+,45+,46+,49-,66?/m1/s1. The highest BCUT2D eigenvalue weighted by molar-refractivity contribution is 7.49. The predicted molar refractivity (Wildman–Crippen MR) is 254 cm³/mol. The van der Waals surface area contributed by atoms with E-state index in [9.17, 15) is 15.1 Å². The summed E-state index contributed by atoms with van der Waals surface area (Å²) in [5.74, 6) is -0.799. The number of nitrogens with two attached hydrogens (primary N) is 1. The lowest BCUT2D eigenvalue weighted by atomic mass is 9.96. The fourth-order valence-electron chi connectivity index (χ4n) is 8.61. The quantitative estimate of drug-likeness (QED) is 0.0401. The lowest BCUT2D eigenvalue weighted by molar-refractivity contribution is -0.204. The van der Waals surface area contributed by atoms with E-state index in [1.165, 1.54) is 89.4 Å². The summed E-state index contributed by atoms with van der Waals surface area (Å²) in [5.41, 5.74) is 6.46. The number of hydrogen-bond acceptors (Lipinski definition) is 13. The summed E-state index contributed by atoms with van der Waals surface area (Å²) < 4.78 is 60.3. The lowest BCUT2D eigenvalue weighted by Crippen LogP contribution is -2.46. The monoisotopic (exact) mass is 966 g/mol. The Morgan fingerprint density at radius 1 is 0.864 bits per heavy atom. The fraction of sp³-hybridized carbons (Fsp3) is 0.592. The Kier molecular flexibility index (Phi) is 19.5. The number of nitriles is 2. The molecule has 4 aromatic rings. The molecule has 1 unspecified atom stereocenters. The van der Waals surface area contributed by atoms with Crippen LogP contribution in [0.1, 0.15) is 153 Å². The maximum absolute atomic E-state index is 14.9. The largest absolute Gasteiger partial charge is 0.530 e. The molecule has 2 saturated heterocycles. The van der Waals surface area contributed by atoms with E-state index in [1.54, 1.807) is 66.9 Å². The van der Waals surface area contributed by atoms with E-state index < -0.39 is 50.2 Å². The molecule has 14 nitrogen and oxygen atoms in total. The average Bonchev–Trinajstić information content (AvgIpc) is 3.97. The SMILES string of the molecule is CCCCCCCCCCCCCCCCCC[C@H](COP(=O)(OC[C@@]1(C#N)O[C@@H](c2ccc3c(N)ncnn23)[C@@H]2OC(C)(C)O[C@@H]21)Oc1ccccc1Cl)OCc1cc(Cl)cc(C#N)c1. The Morgan fingerprint density at radius 2 is 1.53 bits per heavy atom. The first kappa shape index (κ1) is 51.6. The zero-order valence-electron chi connectivity index (χ0n) is 38.5. The van der Waals surface area contributed by atoms with Gasteiger partial charge in [0.2, 0.25) is 5.60 Å². The number of halogens is 2. The molecular weight excluding hydrogens is 902 g/mol. The van der Waals surface area contributed by atoms with Crippen LogP contribution in [0.3, 0.4) is 0 Å². The number of unbranched alkanes of at least 4 members (excludes halogenated alkanes) is 15. The van der Waals surface area contributed by atoms with Crippen LogP contribution in [-0.2, 0) is 39.2 Å². The van der Waals surface area contributed by atoms with Crippen molar-refractivity contribution in [3.8, 4) is 17.9 Å². The smallest absolute Gasteiger partial charge is 0.402 e. The maximum Gasteiger partial charge on any atom is 0.530 e. The molecule has 6 atom stereocenters. The van der Waals surface area contributed by atoms with Gasteiger partial charge in [-0.15, -0.1) is 0 Å². The molecule has 0 saturated carbocycles. The number of aromatic nitrogens is 3. The molecule has 17 heteroatoms. The molecule has 2 fully saturated rings. The Bertz CT molecular complexity index is 2300. The van der Waals surface area contributed by atoms with Crippen LogP contribution in [0.4, 0.5) is 5.82 Å². The number of anilines is 1. The molecule has 66 heavy (non-hydrogen) atoms. The Labute approximate surface area is 399 Å². The second kappa shape index (κ2) is 25.0. The number of rotatable bonds is 29. The minimum atomic E-state index is -4.62. The van der Waals surface area contributed by atoms with Crippen molar-refractivity contribution in [2.45, 2.75) is 172 Å². The summed E-state index contributed by atoms with van der Waals surface area (Å²) in [6.07, 6.45) is 18.6. The van der Waals surface area contributed by atoms with Crippen LogP contribution in [-0.4, -0.2) is 57.5 Å². The molecule has 0 bridgehead atoms. The highest BCUT2D eigenvalue weighted by atomic mass is 35.5. The number of hydrogen-bond donors (Lipinski definition) is 1. The van der Waals surface area contributed by atoms with Crippen molar-refractivity contribution in [2.75, 3.05) is 18.9 Å². The summed E-state index contributed by atoms with van der Waals surface area (Å²) in [5, 5.41) is 25.4. The van der Waals surface area contributed by atoms with Crippen molar-refractivity contribution in [3.05, 3.63) is 87.8 Å². The number of nitrogen functional groups attached to an aromatic ring is 1. The summed E-state index contributed by atoms with van der Waals surface area (Å²) in [6.45, 7) is 5.04. The number of para-hydroxylation sites is 1. The highest BCUT2D eigenvalue weighted by Gasteiger charge is 2.65. The van der Waals surface area contributed by atoms with Crippen LogP contribution < -0.4 is 10.3 Å². The van der Waals surface area contributed by atoms with E-state index in [0.29, 0.717) is 33.8 Å². The van der Waals surface area contributed by atoms with Crippen LogP contribution in [0.2, 0.25) is 10.0 Å². The molecule has 358 valence electrons. The molecular formula is C49H65Cl2N6O8P. The number of fused-ring (bicyclic) bond motifs is 2. The second-order valence-corrected chi connectivity index (χ2v) is 20.2. The van der Waals surface area contributed by atoms with Gasteiger partial charge in [0, 0.05) is 5.02 Å². The van der Waals surface area contributed by atoms with E-state index in [-0.39, 0.29) is 29.8 Å². The molecule has 2 aliphatic heterocycles. The zero-order valence-corrected chi connectivity index (χ0v) is 40.9. The summed E-state index contributed by atoms with van der Waals surface area (Å²) in [7, 11) is -4.62. The lowest BCUT2D eigenvalue weighted by Gasteiger charge is -2.30. The number of benzene rings is 2. The Morgan fingerprint density at radius 3 is 2.18 bits per heavy atom. The van der Waals surface area contributed by atoms with Gasteiger partial charge in [0.05, 0.1) is 41.7 Å². The van der Waals surface area contributed by atoms with Gasteiger partial charge in [-0.3, -0.25) is 9.05 Å². The number of nitrogens with zero attached hydrogens (tertiary/aromatic N) is 5. The van der Waals surface area contributed by atoms with Gasteiger partial charge in [-0.25, -0.2) is 14.1 Å². The van der Waals surface area contributed by atoms with Crippen molar-refractivity contribution >= 4 is 42.4 Å². The van der Waals surface area contributed by atoms with Crippen LogP contribution in [0.15, 0.2) is 60.9 Å². The van der Waals surface area contributed by atoms with Gasteiger partial charge >= 0.3 is 7.82 Å². The topological polar surface area (TPSA) is 185 Å². The normalized spacial score (nSPS) is 21.3. The van der Waals surface area contributed by atoms with Crippen molar-refractivity contribution in [1.82, 2.24) is 14.6 Å². The average molecular weight is 968 g/mol. The number of phosphoric ester groups is 1. The second-order valence-electron chi connectivity index (χ2n) is 17.8. The van der Waals surface area contributed by atoms with Gasteiger partial charge in [-0.1, -0.05) is 145 Å². The van der Waals surface area contributed by atoms with E-state index in [2.05, 4.69) is 29.1 Å². The van der Waals surface area contributed by atoms with Crippen LogP contribution in [0.5, 0.6) is 5.75 Å². The molecule has 2 aromatic heterocycles. The van der Waals surface area contributed by atoms with Gasteiger partial charge in [0.15, 0.2) is 11.6 Å².